The van der Waals surface area contributed by atoms with E-state index in [0.717, 1.165) is 0 Å². The molecular formula is C8H14O5. The van der Waals surface area contributed by atoms with Gasteiger partial charge in [-0.3, -0.25) is 0 Å². The lowest BCUT2D eigenvalue weighted by Crippen LogP contribution is -2.06. The number of hydrogen-bond acceptors (Lipinski definition) is 5. The zero-order chi connectivity index (χ0) is 9.78. The van der Waals surface area contributed by atoms with Crippen LogP contribution in [0.2, 0.25) is 0 Å². The molecule has 5 nitrogen and oxygen atoms in total. The molecule has 0 aromatic carbocycles. The predicted octanol–water partition coefficient (Wildman–Crippen LogP) is 1.19. The molecule has 0 saturated heterocycles. The topological polar surface area (TPSA) is 46.2 Å². The van der Waals surface area contributed by atoms with Crippen LogP contribution in [0.15, 0.2) is 25.7 Å². The molecule has 0 aliphatic carbocycles. The lowest BCUT2D eigenvalue weighted by Gasteiger charge is -2.02. The second-order valence-electron chi connectivity index (χ2n) is 1.79. The molecule has 13 heavy (non-hydrogen) atoms. The normalized spacial score (nSPS) is 9.23. The Morgan fingerprint density at radius 2 is 1.23 bits per heavy atom. The third kappa shape index (κ3) is 11.0. The second kappa shape index (κ2) is 11.0. The summed E-state index contributed by atoms with van der Waals surface area (Å²) in [5.74, 6) is 0. The minimum atomic E-state index is 0.272. The minimum absolute atomic E-state index is 0.272. The molecule has 76 valence electrons. The molecule has 0 saturated carbocycles. The van der Waals surface area contributed by atoms with Gasteiger partial charge < -0.3 is 9.47 Å². The van der Waals surface area contributed by atoms with E-state index in [1.54, 1.807) is 0 Å². The monoisotopic (exact) mass is 190 g/mol. The molecular weight excluding hydrogens is 176 g/mol. The molecule has 0 spiro atoms. The van der Waals surface area contributed by atoms with Crippen LogP contribution in [-0.4, -0.2) is 26.4 Å². The molecule has 0 heterocycles. The summed E-state index contributed by atoms with van der Waals surface area (Å²) < 4.78 is 9.49. The van der Waals surface area contributed by atoms with Crippen molar-refractivity contribution in [3.63, 3.8) is 0 Å². The highest BCUT2D eigenvalue weighted by Crippen LogP contribution is 1.84. The molecule has 0 aromatic rings. The summed E-state index contributed by atoms with van der Waals surface area (Å²) in [7, 11) is 0. The largest absolute Gasteiger partial charge is 0.499 e. The van der Waals surface area contributed by atoms with Gasteiger partial charge in [0.2, 0.25) is 0 Å². The van der Waals surface area contributed by atoms with E-state index >= 15 is 0 Å². The van der Waals surface area contributed by atoms with Crippen molar-refractivity contribution < 1.29 is 24.3 Å². The Morgan fingerprint density at radius 1 is 0.769 bits per heavy atom. The first-order valence-electron chi connectivity index (χ1n) is 3.78. The van der Waals surface area contributed by atoms with Crippen LogP contribution >= 0.6 is 0 Å². The Labute approximate surface area is 77.3 Å². The van der Waals surface area contributed by atoms with E-state index in [4.69, 9.17) is 9.47 Å². The van der Waals surface area contributed by atoms with E-state index < -0.39 is 0 Å². The van der Waals surface area contributed by atoms with Crippen LogP contribution in [0.25, 0.3) is 0 Å². The summed E-state index contributed by atoms with van der Waals surface area (Å²) in [6.45, 7) is 7.99. The summed E-state index contributed by atoms with van der Waals surface area (Å²) >= 11 is 0. The highest BCUT2D eigenvalue weighted by atomic mass is 17.5. The lowest BCUT2D eigenvalue weighted by atomic mass is 10.8. The molecule has 0 aliphatic rings. The van der Waals surface area contributed by atoms with Crippen LogP contribution in [0.4, 0.5) is 0 Å². The summed E-state index contributed by atoms with van der Waals surface area (Å²) in [4.78, 5) is 9.08. The van der Waals surface area contributed by atoms with Gasteiger partial charge in [-0.2, -0.15) is 0 Å². The smallest absolute Gasteiger partial charge is 0.119 e. The summed E-state index contributed by atoms with van der Waals surface area (Å²) in [5.41, 5.74) is 0. The van der Waals surface area contributed by atoms with Gasteiger partial charge in [-0.05, 0) is 0 Å². The van der Waals surface area contributed by atoms with Crippen molar-refractivity contribution in [2.75, 3.05) is 26.4 Å². The molecule has 0 amide bonds. The first-order valence-corrected chi connectivity index (χ1v) is 3.78. The fraction of sp³-hybridized carbons (Fsp3) is 0.500. The van der Waals surface area contributed by atoms with E-state index in [1.807, 2.05) is 0 Å². The SMILES string of the molecule is C=COCCOOOCCOC=C. The third-order valence-corrected chi connectivity index (χ3v) is 0.901. The Kier molecular flexibility index (Phi) is 10.1. The first-order chi connectivity index (χ1) is 6.41. The molecule has 0 unspecified atom stereocenters. The van der Waals surface area contributed by atoms with Crippen molar-refractivity contribution in [3.8, 4) is 0 Å². The fourth-order valence-corrected chi connectivity index (χ4v) is 0.433. The maximum atomic E-state index is 4.74. The van der Waals surface area contributed by atoms with Crippen molar-refractivity contribution in [3.05, 3.63) is 25.7 Å². The molecule has 5 heteroatoms. The zero-order valence-corrected chi connectivity index (χ0v) is 7.44. The van der Waals surface area contributed by atoms with Gasteiger partial charge in [0.15, 0.2) is 0 Å². The maximum Gasteiger partial charge on any atom is 0.119 e. The summed E-state index contributed by atoms with van der Waals surface area (Å²) in [6.07, 6.45) is 2.64. The third-order valence-electron chi connectivity index (χ3n) is 0.901. The van der Waals surface area contributed by atoms with Gasteiger partial charge in [0.25, 0.3) is 0 Å². The quantitative estimate of drug-likeness (QED) is 0.224. The molecule has 0 aromatic heterocycles. The molecule has 0 fully saturated rings. The van der Waals surface area contributed by atoms with Gasteiger partial charge in [-0.15, -0.1) is 0 Å². The van der Waals surface area contributed by atoms with Gasteiger partial charge in [-0.1, -0.05) is 18.2 Å². The minimum Gasteiger partial charge on any atom is -0.499 e. The van der Waals surface area contributed by atoms with Crippen molar-refractivity contribution >= 4 is 0 Å². The Morgan fingerprint density at radius 3 is 1.62 bits per heavy atom. The van der Waals surface area contributed by atoms with E-state index in [-0.39, 0.29) is 13.2 Å². The Balaban J connectivity index is 2.83. The van der Waals surface area contributed by atoms with Gasteiger partial charge in [-0.25, -0.2) is 9.78 Å². The van der Waals surface area contributed by atoms with Crippen molar-refractivity contribution in [1.82, 2.24) is 0 Å². The second-order valence-corrected chi connectivity index (χ2v) is 1.79. The van der Waals surface area contributed by atoms with Crippen LogP contribution in [0, 0.1) is 0 Å². The van der Waals surface area contributed by atoms with Crippen LogP contribution in [0.5, 0.6) is 0 Å². The average Bonchev–Trinajstić information content (AvgIpc) is 2.16. The van der Waals surface area contributed by atoms with Gasteiger partial charge >= 0.3 is 0 Å². The lowest BCUT2D eigenvalue weighted by molar-refractivity contribution is -0.513. The molecule has 0 bridgehead atoms. The number of ether oxygens (including phenoxy) is 2. The van der Waals surface area contributed by atoms with E-state index in [0.29, 0.717) is 13.2 Å². The van der Waals surface area contributed by atoms with E-state index in [9.17, 15) is 0 Å². The van der Waals surface area contributed by atoms with Crippen LogP contribution < -0.4 is 0 Å². The van der Waals surface area contributed by atoms with E-state index in [2.05, 4.69) is 28.0 Å². The van der Waals surface area contributed by atoms with Crippen LogP contribution in [0.3, 0.4) is 0 Å². The fourth-order valence-electron chi connectivity index (χ4n) is 0.433. The highest BCUT2D eigenvalue weighted by molar-refractivity contribution is 4.47. The standard InChI is InChI=1S/C8H14O5/c1-3-9-5-7-11-13-12-8-6-10-4-2/h3-4H,1-2,5-8H2. The molecule has 0 N–H and O–H groups in total. The summed E-state index contributed by atoms with van der Waals surface area (Å²) in [6, 6.07) is 0. The van der Waals surface area contributed by atoms with Crippen molar-refractivity contribution in [2.24, 2.45) is 0 Å². The van der Waals surface area contributed by atoms with Crippen molar-refractivity contribution in [2.45, 2.75) is 0 Å². The Bertz CT molecular complexity index is 112. The molecule has 0 rings (SSSR count). The van der Waals surface area contributed by atoms with Crippen molar-refractivity contribution in [1.29, 1.82) is 0 Å². The molecule has 0 aliphatic heterocycles. The molecule has 0 radical (unpaired) electrons. The Hall–Kier alpha value is -1.04. The van der Waals surface area contributed by atoms with Gasteiger partial charge in [0.1, 0.15) is 26.4 Å². The highest BCUT2D eigenvalue weighted by Gasteiger charge is 1.90. The van der Waals surface area contributed by atoms with Gasteiger partial charge in [0, 0.05) is 0 Å². The number of rotatable bonds is 10. The predicted molar refractivity (Wildman–Crippen MR) is 45.3 cm³/mol. The van der Waals surface area contributed by atoms with Crippen LogP contribution in [-0.2, 0) is 24.3 Å². The van der Waals surface area contributed by atoms with Crippen LogP contribution in [0.1, 0.15) is 0 Å². The first kappa shape index (κ1) is 12.0. The van der Waals surface area contributed by atoms with E-state index in [1.165, 1.54) is 12.5 Å². The average molecular weight is 190 g/mol. The van der Waals surface area contributed by atoms with Gasteiger partial charge in [0.05, 0.1) is 12.5 Å². The number of hydrogen-bond donors (Lipinski definition) is 0. The zero-order valence-electron chi connectivity index (χ0n) is 7.44. The molecule has 0 atom stereocenters. The maximum absolute atomic E-state index is 4.74. The summed E-state index contributed by atoms with van der Waals surface area (Å²) in [5, 5.41) is 4.30.